The molecule has 0 radical (unpaired) electrons. The van der Waals surface area contributed by atoms with Gasteiger partial charge in [0.2, 0.25) is 5.91 Å². The fourth-order valence-corrected chi connectivity index (χ4v) is 3.19. The second kappa shape index (κ2) is 6.16. The molecule has 0 aliphatic heterocycles. The normalized spacial score (nSPS) is 16.5. The lowest BCUT2D eigenvalue weighted by Gasteiger charge is -2.23. The van der Waals surface area contributed by atoms with E-state index in [1.807, 2.05) is 49.3 Å². The highest BCUT2D eigenvalue weighted by atomic mass is 16.2. The third kappa shape index (κ3) is 3.15. The van der Waals surface area contributed by atoms with Crippen LogP contribution in [0.3, 0.4) is 0 Å². The molecule has 1 amide bonds. The van der Waals surface area contributed by atoms with E-state index in [1.165, 1.54) is 0 Å². The second-order valence-corrected chi connectivity index (χ2v) is 6.60. The maximum absolute atomic E-state index is 12.4. The van der Waals surface area contributed by atoms with Crippen molar-refractivity contribution in [2.75, 3.05) is 19.0 Å². The van der Waals surface area contributed by atoms with Gasteiger partial charge >= 0.3 is 0 Å². The van der Waals surface area contributed by atoms with Crippen molar-refractivity contribution in [2.24, 2.45) is 5.73 Å². The van der Waals surface area contributed by atoms with E-state index in [0.717, 1.165) is 48.0 Å². The molecule has 1 fully saturated rings. The number of carbonyl (C=O) groups excluding carboxylic acids is 1. The Hall–Kier alpha value is -2.14. The highest BCUT2D eigenvalue weighted by Crippen LogP contribution is 2.28. The van der Waals surface area contributed by atoms with Gasteiger partial charge in [0, 0.05) is 26.0 Å². The first-order valence-corrected chi connectivity index (χ1v) is 8.13. The van der Waals surface area contributed by atoms with Gasteiger partial charge in [0.15, 0.2) is 0 Å². The van der Waals surface area contributed by atoms with Crippen LogP contribution in [0.5, 0.6) is 0 Å². The minimum Gasteiger partial charge on any atom is -0.363 e. The molecular formula is C18H24N4O. The molecule has 3 N–H and O–H groups in total. The molecule has 122 valence electrons. The number of para-hydroxylation sites is 1. The predicted molar refractivity (Wildman–Crippen MR) is 93.3 cm³/mol. The quantitative estimate of drug-likeness (QED) is 0.908. The highest BCUT2D eigenvalue weighted by Gasteiger charge is 2.36. The molecule has 23 heavy (non-hydrogen) atoms. The number of nitrogens with two attached hydrogens (primary N) is 1. The smallest absolute Gasteiger partial charge is 0.240 e. The summed E-state index contributed by atoms with van der Waals surface area (Å²) in [5.41, 5.74) is 7.54. The maximum atomic E-state index is 12.4. The summed E-state index contributed by atoms with van der Waals surface area (Å²) >= 11 is 0. The Kier molecular flexibility index (Phi) is 4.22. The van der Waals surface area contributed by atoms with E-state index in [1.54, 1.807) is 0 Å². The molecule has 0 atom stereocenters. The van der Waals surface area contributed by atoms with E-state index in [-0.39, 0.29) is 5.91 Å². The van der Waals surface area contributed by atoms with Gasteiger partial charge in [-0.25, -0.2) is 4.98 Å². The first-order chi connectivity index (χ1) is 11.0. The Balaban J connectivity index is 1.85. The van der Waals surface area contributed by atoms with Crippen LogP contribution in [0.1, 0.15) is 31.2 Å². The summed E-state index contributed by atoms with van der Waals surface area (Å²) in [6, 6.07) is 10.0. The highest BCUT2D eigenvalue weighted by molar-refractivity contribution is 5.88. The molecule has 3 rings (SSSR count). The van der Waals surface area contributed by atoms with Crippen molar-refractivity contribution >= 4 is 22.6 Å². The number of pyridine rings is 1. The number of benzene rings is 1. The van der Waals surface area contributed by atoms with E-state index < -0.39 is 5.54 Å². The minimum atomic E-state index is -0.687. The van der Waals surface area contributed by atoms with Crippen molar-refractivity contribution < 1.29 is 4.79 Å². The Bertz CT molecular complexity index is 720. The van der Waals surface area contributed by atoms with Crippen LogP contribution in [0, 0.1) is 0 Å². The maximum Gasteiger partial charge on any atom is 0.240 e. The fourth-order valence-electron chi connectivity index (χ4n) is 3.19. The molecule has 5 nitrogen and oxygen atoms in total. The van der Waals surface area contributed by atoms with Crippen molar-refractivity contribution in [3.63, 3.8) is 0 Å². The summed E-state index contributed by atoms with van der Waals surface area (Å²) in [5, 5.41) is 4.10. The number of nitrogens with one attached hydrogen (secondary N) is 1. The third-order valence-corrected chi connectivity index (χ3v) is 4.63. The zero-order valence-corrected chi connectivity index (χ0v) is 13.8. The number of anilines is 1. The number of hydrogen-bond donors (Lipinski definition) is 2. The molecule has 1 aromatic heterocycles. The Morgan fingerprint density at radius 2 is 2.00 bits per heavy atom. The van der Waals surface area contributed by atoms with Crippen LogP contribution in [0.4, 0.5) is 5.82 Å². The number of hydrogen-bond acceptors (Lipinski definition) is 4. The van der Waals surface area contributed by atoms with Gasteiger partial charge in [0.25, 0.3) is 0 Å². The summed E-state index contributed by atoms with van der Waals surface area (Å²) < 4.78 is 0. The van der Waals surface area contributed by atoms with Gasteiger partial charge in [0.05, 0.1) is 11.1 Å². The van der Waals surface area contributed by atoms with Crippen LogP contribution in [0.15, 0.2) is 30.3 Å². The molecule has 0 bridgehead atoms. The molecule has 0 spiro atoms. The SMILES string of the molecule is CN(C)c1cc(CNC(=O)C2(N)CCCC2)c2ccccc2n1. The fraction of sp³-hybridized carbons (Fsp3) is 0.444. The van der Waals surface area contributed by atoms with Gasteiger partial charge in [-0.1, -0.05) is 31.0 Å². The lowest BCUT2D eigenvalue weighted by Crippen LogP contribution is -2.51. The van der Waals surface area contributed by atoms with Crippen LogP contribution in [-0.2, 0) is 11.3 Å². The molecule has 1 heterocycles. The number of amides is 1. The van der Waals surface area contributed by atoms with Crippen LogP contribution >= 0.6 is 0 Å². The zero-order valence-electron chi connectivity index (χ0n) is 13.8. The molecule has 0 saturated heterocycles. The minimum absolute atomic E-state index is 0.0395. The lowest BCUT2D eigenvalue weighted by molar-refractivity contribution is -0.126. The van der Waals surface area contributed by atoms with Gasteiger partial charge < -0.3 is 16.0 Å². The summed E-state index contributed by atoms with van der Waals surface area (Å²) in [5.74, 6) is 0.846. The molecule has 2 aromatic rings. The van der Waals surface area contributed by atoms with E-state index in [2.05, 4.69) is 10.3 Å². The first-order valence-electron chi connectivity index (χ1n) is 8.13. The molecule has 5 heteroatoms. The summed E-state index contributed by atoms with van der Waals surface area (Å²) in [6.07, 6.45) is 3.62. The monoisotopic (exact) mass is 312 g/mol. The average molecular weight is 312 g/mol. The standard InChI is InChI=1S/C18H24N4O/c1-22(2)16-11-13(14-7-3-4-8-15(14)21-16)12-20-17(23)18(19)9-5-6-10-18/h3-4,7-8,11H,5-6,9-10,12,19H2,1-2H3,(H,20,23). The molecule has 1 aromatic carbocycles. The van der Waals surface area contributed by atoms with E-state index in [0.29, 0.717) is 6.54 Å². The van der Waals surface area contributed by atoms with Crippen molar-refractivity contribution in [3.05, 3.63) is 35.9 Å². The number of fused-ring (bicyclic) bond motifs is 1. The average Bonchev–Trinajstić information content (AvgIpc) is 3.00. The molecule has 1 saturated carbocycles. The van der Waals surface area contributed by atoms with E-state index in [9.17, 15) is 4.79 Å². The van der Waals surface area contributed by atoms with Crippen LogP contribution in [-0.4, -0.2) is 30.5 Å². The second-order valence-electron chi connectivity index (χ2n) is 6.60. The summed E-state index contributed by atoms with van der Waals surface area (Å²) in [4.78, 5) is 19.0. The molecule has 0 unspecified atom stereocenters. The first kappa shape index (κ1) is 15.7. The van der Waals surface area contributed by atoms with E-state index >= 15 is 0 Å². The number of nitrogens with zero attached hydrogens (tertiary/aromatic N) is 2. The van der Waals surface area contributed by atoms with Crippen LogP contribution < -0.4 is 16.0 Å². The van der Waals surface area contributed by atoms with Gasteiger partial charge in [-0.2, -0.15) is 0 Å². The Morgan fingerprint density at radius 3 is 2.70 bits per heavy atom. The summed E-state index contributed by atoms with van der Waals surface area (Å²) in [7, 11) is 3.93. The van der Waals surface area contributed by atoms with Gasteiger partial charge in [0.1, 0.15) is 5.82 Å². The van der Waals surface area contributed by atoms with Crippen molar-refractivity contribution in [1.29, 1.82) is 0 Å². The van der Waals surface area contributed by atoms with Crippen LogP contribution in [0.2, 0.25) is 0 Å². The van der Waals surface area contributed by atoms with Crippen molar-refractivity contribution in [1.82, 2.24) is 10.3 Å². The summed E-state index contributed by atoms with van der Waals surface area (Å²) in [6.45, 7) is 0.474. The van der Waals surface area contributed by atoms with Gasteiger partial charge in [-0.05, 0) is 30.5 Å². The number of aromatic nitrogens is 1. The van der Waals surface area contributed by atoms with E-state index in [4.69, 9.17) is 5.73 Å². The molecule has 1 aliphatic rings. The van der Waals surface area contributed by atoms with Crippen LogP contribution in [0.25, 0.3) is 10.9 Å². The third-order valence-electron chi connectivity index (χ3n) is 4.63. The Labute approximate surface area is 136 Å². The molecular weight excluding hydrogens is 288 g/mol. The topological polar surface area (TPSA) is 71.2 Å². The lowest BCUT2D eigenvalue weighted by atomic mass is 9.98. The van der Waals surface area contributed by atoms with Gasteiger partial charge in [-0.15, -0.1) is 0 Å². The molecule has 1 aliphatic carbocycles. The Morgan fingerprint density at radius 1 is 1.30 bits per heavy atom. The largest absolute Gasteiger partial charge is 0.363 e. The number of carbonyl (C=O) groups is 1. The van der Waals surface area contributed by atoms with Crippen molar-refractivity contribution in [2.45, 2.75) is 37.8 Å². The van der Waals surface area contributed by atoms with Crippen molar-refractivity contribution in [3.8, 4) is 0 Å². The number of rotatable bonds is 4. The zero-order chi connectivity index (χ0) is 16.4. The predicted octanol–water partition coefficient (Wildman–Crippen LogP) is 2.19. The van der Waals surface area contributed by atoms with Gasteiger partial charge in [-0.3, -0.25) is 4.79 Å².